The molecule has 1 saturated carbocycles. The van der Waals surface area contributed by atoms with Crippen LogP contribution in [0.2, 0.25) is 0 Å². The summed E-state index contributed by atoms with van der Waals surface area (Å²) in [6, 6.07) is 0. The van der Waals surface area contributed by atoms with Crippen molar-refractivity contribution in [2.45, 2.75) is 71.3 Å². The van der Waals surface area contributed by atoms with Gasteiger partial charge in [0.2, 0.25) is 0 Å². The number of aliphatic hydroxyl groups excluding tert-OH is 1. The summed E-state index contributed by atoms with van der Waals surface area (Å²) in [5.74, 6) is 1.43. The molecule has 0 saturated heterocycles. The number of hydrogen-bond acceptors (Lipinski definition) is 3. The summed E-state index contributed by atoms with van der Waals surface area (Å²) in [5.41, 5.74) is -0.421. The van der Waals surface area contributed by atoms with Crippen LogP contribution in [0.25, 0.3) is 0 Å². The van der Waals surface area contributed by atoms with E-state index in [1.54, 1.807) is 4.90 Å². The first-order valence-electron chi connectivity index (χ1n) is 8.37. The highest BCUT2D eigenvalue weighted by Gasteiger charge is 2.25. The molecule has 0 spiro atoms. The Labute approximate surface area is 129 Å². The van der Waals surface area contributed by atoms with Gasteiger partial charge in [-0.05, 0) is 51.9 Å². The van der Waals surface area contributed by atoms with Crippen molar-refractivity contribution in [1.29, 1.82) is 0 Å². The Balaban J connectivity index is 2.24. The van der Waals surface area contributed by atoms with Crippen LogP contribution >= 0.6 is 0 Å². The molecule has 4 nitrogen and oxygen atoms in total. The average Bonchev–Trinajstić information content (AvgIpc) is 2.39. The molecule has 0 bridgehead atoms. The molecule has 124 valence electrons. The molecule has 0 radical (unpaired) electrons. The topological polar surface area (TPSA) is 49.8 Å². The summed E-state index contributed by atoms with van der Waals surface area (Å²) in [6.07, 6.45) is 8.04. The minimum Gasteiger partial charge on any atom is -0.444 e. The Morgan fingerprint density at radius 1 is 1.14 bits per heavy atom. The van der Waals surface area contributed by atoms with Crippen LogP contribution in [0.15, 0.2) is 0 Å². The van der Waals surface area contributed by atoms with Gasteiger partial charge < -0.3 is 14.7 Å². The molecule has 1 N–H and O–H groups in total. The second-order valence-corrected chi connectivity index (χ2v) is 7.47. The molecule has 1 aliphatic rings. The van der Waals surface area contributed by atoms with Crippen molar-refractivity contribution >= 4 is 6.09 Å². The van der Waals surface area contributed by atoms with Gasteiger partial charge in [0.15, 0.2) is 0 Å². The number of nitrogens with zero attached hydrogens (tertiary/aromatic N) is 1. The van der Waals surface area contributed by atoms with Gasteiger partial charge in [-0.3, -0.25) is 0 Å². The highest BCUT2D eigenvalue weighted by atomic mass is 16.6. The van der Waals surface area contributed by atoms with Gasteiger partial charge in [-0.25, -0.2) is 4.79 Å². The maximum Gasteiger partial charge on any atom is 0.410 e. The first-order valence-corrected chi connectivity index (χ1v) is 8.37. The number of unbranched alkanes of at least 4 members (excludes halogenated alkanes) is 1. The number of ether oxygens (including phenoxy) is 1. The van der Waals surface area contributed by atoms with Crippen LogP contribution in [0.5, 0.6) is 0 Å². The van der Waals surface area contributed by atoms with E-state index < -0.39 is 5.60 Å². The van der Waals surface area contributed by atoms with Crippen LogP contribution < -0.4 is 0 Å². The fraction of sp³-hybridized carbons (Fsp3) is 0.941. The SMILES string of the molecule is CN(CC1CCC(CCCCO)CC1)C(=O)OC(C)(C)C. The van der Waals surface area contributed by atoms with Crippen molar-refractivity contribution in [3.63, 3.8) is 0 Å². The minimum atomic E-state index is -0.421. The van der Waals surface area contributed by atoms with Gasteiger partial charge in [0.1, 0.15) is 5.60 Å². The van der Waals surface area contributed by atoms with Crippen LogP contribution in [0.3, 0.4) is 0 Å². The Hall–Kier alpha value is -0.770. The van der Waals surface area contributed by atoms with Gasteiger partial charge >= 0.3 is 6.09 Å². The maximum atomic E-state index is 12.0. The van der Waals surface area contributed by atoms with E-state index in [1.807, 2.05) is 27.8 Å². The largest absolute Gasteiger partial charge is 0.444 e. The lowest BCUT2D eigenvalue weighted by Crippen LogP contribution is -2.37. The Morgan fingerprint density at radius 2 is 1.71 bits per heavy atom. The van der Waals surface area contributed by atoms with Gasteiger partial charge in [0.05, 0.1) is 0 Å². The first kappa shape index (κ1) is 18.3. The molecular formula is C17H33NO3. The number of aliphatic hydroxyl groups is 1. The third-order valence-corrected chi connectivity index (χ3v) is 4.22. The molecule has 1 aliphatic carbocycles. The molecule has 4 heteroatoms. The lowest BCUT2D eigenvalue weighted by atomic mass is 9.79. The van der Waals surface area contributed by atoms with E-state index in [9.17, 15) is 4.79 Å². The summed E-state index contributed by atoms with van der Waals surface area (Å²) in [5, 5.41) is 8.82. The van der Waals surface area contributed by atoms with Crippen LogP contribution in [0.1, 0.15) is 65.7 Å². The molecule has 0 aromatic heterocycles. The normalized spacial score (nSPS) is 22.9. The highest BCUT2D eigenvalue weighted by Crippen LogP contribution is 2.32. The van der Waals surface area contributed by atoms with Crippen molar-refractivity contribution in [3.05, 3.63) is 0 Å². The predicted molar refractivity (Wildman–Crippen MR) is 85.2 cm³/mol. The summed E-state index contributed by atoms with van der Waals surface area (Å²) in [6.45, 7) is 6.82. The maximum absolute atomic E-state index is 12.0. The van der Waals surface area contributed by atoms with Crippen LogP contribution in [0.4, 0.5) is 4.79 Å². The van der Waals surface area contributed by atoms with E-state index in [0.29, 0.717) is 12.5 Å². The van der Waals surface area contributed by atoms with E-state index in [4.69, 9.17) is 9.84 Å². The molecule has 0 heterocycles. The predicted octanol–water partition coefficient (Wildman–Crippen LogP) is 3.82. The summed E-state index contributed by atoms with van der Waals surface area (Å²) in [4.78, 5) is 13.7. The van der Waals surface area contributed by atoms with Crippen LogP contribution in [0, 0.1) is 11.8 Å². The third kappa shape index (κ3) is 7.70. The summed E-state index contributed by atoms with van der Waals surface area (Å²) >= 11 is 0. The van der Waals surface area contributed by atoms with Crippen molar-refractivity contribution in [2.75, 3.05) is 20.2 Å². The highest BCUT2D eigenvalue weighted by molar-refractivity contribution is 5.67. The molecule has 1 amide bonds. The fourth-order valence-electron chi connectivity index (χ4n) is 3.05. The lowest BCUT2D eigenvalue weighted by molar-refractivity contribution is 0.0257. The molecule has 0 aromatic carbocycles. The van der Waals surface area contributed by atoms with Gasteiger partial charge in [0.25, 0.3) is 0 Å². The molecule has 0 atom stereocenters. The molecular weight excluding hydrogens is 266 g/mol. The van der Waals surface area contributed by atoms with Gasteiger partial charge in [-0.15, -0.1) is 0 Å². The zero-order valence-electron chi connectivity index (χ0n) is 14.2. The van der Waals surface area contributed by atoms with Gasteiger partial charge in [-0.1, -0.05) is 25.7 Å². The quantitative estimate of drug-likeness (QED) is 0.758. The molecule has 21 heavy (non-hydrogen) atoms. The van der Waals surface area contributed by atoms with Crippen LogP contribution in [-0.4, -0.2) is 41.9 Å². The number of carbonyl (C=O) groups is 1. The van der Waals surface area contributed by atoms with Gasteiger partial charge in [0, 0.05) is 20.2 Å². The van der Waals surface area contributed by atoms with Crippen molar-refractivity contribution in [3.8, 4) is 0 Å². The summed E-state index contributed by atoms with van der Waals surface area (Å²) < 4.78 is 5.39. The minimum absolute atomic E-state index is 0.215. The fourth-order valence-corrected chi connectivity index (χ4v) is 3.05. The van der Waals surface area contributed by atoms with E-state index in [0.717, 1.165) is 25.3 Å². The molecule has 0 aromatic rings. The Kier molecular flexibility index (Phi) is 7.50. The lowest BCUT2D eigenvalue weighted by Gasteiger charge is -2.32. The van der Waals surface area contributed by atoms with Gasteiger partial charge in [-0.2, -0.15) is 0 Å². The van der Waals surface area contributed by atoms with Crippen molar-refractivity contribution in [2.24, 2.45) is 11.8 Å². The van der Waals surface area contributed by atoms with E-state index in [1.165, 1.54) is 32.1 Å². The Morgan fingerprint density at radius 3 is 2.24 bits per heavy atom. The second kappa shape index (κ2) is 8.62. The zero-order chi connectivity index (χ0) is 15.9. The van der Waals surface area contributed by atoms with Crippen molar-refractivity contribution < 1.29 is 14.6 Å². The van der Waals surface area contributed by atoms with E-state index >= 15 is 0 Å². The number of carbonyl (C=O) groups excluding carboxylic acids is 1. The van der Waals surface area contributed by atoms with Crippen LogP contribution in [-0.2, 0) is 4.74 Å². The van der Waals surface area contributed by atoms with E-state index in [-0.39, 0.29) is 6.09 Å². The second-order valence-electron chi connectivity index (χ2n) is 7.47. The zero-order valence-corrected chi connectivity index (χ0v) is 14.2. The third-order valence-electron chi connectivity index (χ3n) is 4.22. The first-order chi connectivity index (χ1) is 9.81. The van der Waals surface area contributed by atoms with E-state index in [2.05, 4.69) is 0 Å². The Bertz CT molecular complexity index is 304. The number of hydrogen-bond donors (Lipinski definition) is 1. The number of amides is 1. The smallest absolute Gasteiger partial charge is 0.410 e. The molecule has 1 rings (SSSR count). The average molecular weight is 299 g/mol. The monoisotopic (exact) mass is 299 g/mol. The molecule has 0 unspecified atom stereocenters. The molecule has 1 fully saturated rings. The number of rotatable bonds is 6. The van der Waals surface area contributed by atoms with Crippen molar-refractivity contribution in [1.82, 2.24) is 4.90 Å². The summed E-state index contributed by atoms with van der Waals surface area (Å²) in [7, 11) is 1.83. The standard InChI is InChI=1S/C17H33NO3/c1-17(2,3)21-16(20)18(4)13-15-10-8-14(9-11-15)7-5-6-12-19/h14-15,19H,5-13H2,1-4H3. The molecule has 0 aliphatic heterocycles.